The zero-order chi connectivity index (χ0) is 8.93. The Labute approximate surface area is 71.9 Å². The third-order valence-corrected chi connectivity index (χ3v) is 3.41. The summed E-state index contributed by atoms with van der Waals surface area (Å²) in [5, 5.41) is 8.63. The third-order valence-electron chi connectivity index (χ3n) is 3.41. The van der Waals surface area contributed by atoms with Crippen LogP contribution in [-0.2, 0) is 4.79 Å². The highest BCUT2D eigenvalue weighted by atomic mass is 16.1. The molecule has 0 aromatic heterocycles. The molecule has 3 rings (SSSR count). The van der Waals surface area contributed by atoms with Gasteiger partial charge in [-0.05, 0) is 17.8 Å². The van der Waals surface area contributed by atoms with Crippen LogP contribution in [0.15, 0.2) is 11.6 Å². The van der Waals surface area contributed by atoms with Gasteiger partial charge in [0.25, 0.3) is 0 Å². The van der Waals surface area contributed by atoms with Gasteiger partial charge in [0, 0.05) is 5.92 Å². The second-order valence-corrected chi connectivity index (χ2v) is 4.27. The molecule has 62 valence electrons. The Bertz CT molecular complexity index is 319. The molecule has 0 radical (unpaired) electrons. The van der Waals surface area contributed by atoms with Gasteiger partial charge in [0.05, 0.1) is 5.57 Å². The van der Waals surface area contributed by atoms with Crippen molar-refractivity contribution in [2.24, 2.45) is 17.3 Å². The molecule has 0 N–H and O–H groups in total. The van der Waals surface area contributed by atoms with E-state index in [1.165, 1.54) is 0 Å². The van der Waals surface area contributed by atoms with Crippen LogP contribution in [0.3, 0.4) is 0 Å². The predicted molar refractivity (Wildman–Crippen MR) is 44.1 cm³/mol. The van der Waals surface area contributed by atoms with Gasteiger partial charge in [0.2, 0.25) is 0 Å². The lowest BCUT2D eigenvalue weighted by Crippen LogP contribution is -2.51. The van der Waals surface area contributed by atoms with Crippen LogP contribution in [0.2, 0.25) is 0 Å². The zero-order valence-corrected chi connectivity index (χ0v) is 7.29. The fraction of sp³-hybridized carbons (Fsp3) is 0.600. The van der Waals surface area contributed by atoms with Crippen molar-refractivity contribution in [3.8, 4) is 6.07 Å². The van der Waals surface area contributed by atoms with Crippen molar-refractivity contribution >= 4 is 5.78 Å². The highest BCUT2D eigenvalue weighted by molar-refractivity contribution is 6.03. The number of Topliss-reactive ketones (excluding diaryl/α,β-unsaturated/α-hetero) is 1. The summed E-state index contributed by atoms with van der Waals surface area (Å²) >= 11 is 0. The van der Waals surface area contributed by atoms with E-state index in [2.05, 4.69) is 13.8 Å². The van der Waals surface area contributed by atoms with E-state index >= 15 is 0 Å². The number of ketones is 1. The van der Waals surface area contributed by atoms with Gasteiger partial charge in [-0.15, -0.1) is 0 Å². The van der Waals surface area contributed by atoms with E-state index in [1.807, 2.05) is 12.1 Å². The standard InChI is InChI=1S/C10H11NO/c1-10(2)7-3-6(5-11)9(12)8(10)4-7/h3,7-8H,4H2,1-2H3/t7-,8-/m1/s1. The van der Waals surface area contributed by atoms with Crippen molar-refractivity contribution in [2.75, 3.05) is 0 Å². The fourth-order valence-corrected chi connectivity index (χ4v) is 2.25. The van der Waals surface area contributed by atoms with Crippen LogP contribution in [-0.4, -0.2) is 5.78 Å². The molecule has 2 bridgehead atoms. The van der Waals surface area contributed by atoms with E-state index in [1.54, 1.807) is 0 Å². The lowest BCUT2D eigenvalue weighted by atomic mass is 9.49. The molecule has 0 heterocycles. The number of carbonyl (C=O) groups is 1. The van der Waals surface area contributed by atoms with Gasteiger partial charge < -0.3 is 0 Å². The number of allylic oxidation sites excluding steroid dienone is 2. The summed E-state index contributed by atoms with van der Waals surface area (Å²) in [4.78, 5) is 11.5. The molecule has 0 saturated heterocycles. The van der Waals surface area contributed by atoms with Crippen LogP contribution < -0.4 is 0 Å². The summed E-state index contributed by atoms with van der Waals surface area (Å²) in [6, 6.07) is 1.96. The minimum atomic E-state index is 0.0602. The molecule has 2 heteroatoms. The van der Waals surface area contributed by atoms with Crippen molar-refractivity contribution in [1.82, 2.24) is 0 Å². The summed E-state index contributed by atoms with van der Waals surface area (Å²) < 4.78 is 0. The highest BCUT2D eigenvalue weighted by Gasteiger charge is 2.54. The van der Waals surface area contributed by atoms with E-state index < -0.39 is 0 Å². The van der Waals surface area contributed by atoms with Gasteiger partial charge in [-0.3, -0.25) is 4.79 Å². The molecule has 0 spiro atoms. The fourth-order valence-electron chi connectivity index (χ4n) is 2.25. The smallest absolute Gasteiger partial charge is 0.176 e. The molecule has 2 nitrogen and oxygen atoms in total. The van der Waals surface area contributed by atoms with Gasteiger partial charge in [-0.1, -0.05) is 19.9 Å². The summed E-state index contributed by atoms with van der Waals surface area (Å²) in [6.45, 7) is 4.21. The molecule has 2 atom stereocenters. The van der Waals surface area contributed by atoms with Crippen LogP contribution in [0.25, 0.3) is 0 Å². The first-order valence-electron chi connectivity index (χ1n) is 4.23. The highest BCUT2D eigenvalue weighted by Crippen LogP contribution is 2.56. The zero-order valence-electron chi connectivity index (χ0n) is 7.29. The molecule has 0 aromatic rings. The van der Waals surface area contributed by atoms with Gasteiger partial charge in [0.1, 0.15) is 6.07 Å². The van der Waals surface area contributed by atoms with Crippen molar-refractivity contribution in [3.05, 3.63) is 11.6 Å². The van der Waals surface area contributed by atoms with Crippen molar-refractivity contribution in [3.63, 3.8) is 0 Å². The summed E-state index contributed by atoms with van der Waals surface area (Å²) in [6.07, 6.45) is 2.80. The topological polar surface area (TPSA) is 40.9 Å². The first-order chi connectivity index (χ1) is 5.57. The Kier molecular flexibility index (Phi) is 1.24. The van der Waals surface area contributed by atoms with Gasteiger partial charge >= 0.3 is 0 Å². The molecule has 0 aliphatic heterocycles. The van der Waals surface area contributed by atoms with E-state index in [9.17, 15) is 4.79 Å². The Morgan fingerprint density at radius 1 is 1.67 bits per heavy atom. The predicted octanol–water partition coefficient (Wildman–Crippen LogP) is 1.68. The largest absolute Gasteiger partial charge is 0.293 e. The van der Waals surface area contributed by atoms with E-state index in [0.717, 1.165) is 6.42 Å². The molecule has 0 aromatic carbocycles. The van der Waals surface area contributed by atoms with Crippen molar-refractivity contribution in [2.45, 2.75) is 20.3 Å². The maximum Gasteiger partial charge on any atom is 0.176 e. The number of nitrogens with zero attached hydrogens (tertiary/aromatic N) is 1. The quantitative estimate of drug-likeness (QED) is 0.542. The molecular formula is C10H11NO. The summed E-state index contributed by atoms with van der Waals surface area (Å²) in [5.41, 5.74) is 0.493. The molecule has 0 unspecified atom stereocenters. The lowest BCUT2D eigenvalue weighted by Gasteiger charge is -2.52. The van der Waals surface area contributed by atoms with E-state index in [4.69, 9.17) is 5.26 Å². The molecule has 3 aliphatic rings. The Balaban J connectivity index is 2.42. The average Bonchev–Trinajstić information content (AvgIpc) is 2.03. The van der Waals surface area contributed by atoms with E-state index in [0.29, 0.717) is 11.5 Å². The molecule has 12 heavy (non-hydrogen) atoms. The molecule has 0 amide bonds. The number of hydrogen-bond donors (Lipinski definition) is 0. The Hall–Kier alpha value is -1.10. The maximum atomic E-state index is 11.5. The minimum Gasteiger partial charge on any atom is -0.293 e. The molecule has 1 fully saturated rings. The second-order valence-electron chi connectivity index (χ2n) is 4.27. The average molecular weight is 161 g/mol. The van der Waals surface area contributed by atoms with Crippen LogP contribution >= 0.6 is 0 Å². The second kappa shape index (κ2) is 1.98. The Morgan fingerprint density at radius 2 is 2.33 bits per heavy atom. The third kappa shape index (κ3) is 0.665. The van der Waals surface area contributed by atoms with Crippen LogP contribution in [0.1, 0.15) is 20.3 Å². The number of rotatable bonds is 0. The van der Waals surface area contributed by atoms with E-state index in [-0.39, 0.29) is 17.1 Å². The summed E-state index contributed by atoms with van der Waals surface area (Å²) in [7, 11) is 0. The maximum absolute atomic E-state index is 11.5. The number of fused-ring (bicyclic) bond motifs is 1. The SMILES string of the molecule is CC1(C)[C@@H]2C=C(C#N)C(=O)[C@H]1C2. The van der Waals surface area contributed by atoms with Gasteiger partial charge in [-0.25, -0.2) is 0 Å². The van der Waals surface area contributed by atoms with Crippen LogP contribution in [0, 0.1) is 28.6 Å². The van der Waals surface area contributed by atoms with Crippen LogP contribution in [0.5, 0.6) is 0 Å². The molecule has 3 aliphatic carbocycles. The number of carbonyl (C=O) groups excluding carboxylic acids is 1. The number of hydrogen-bond acceptors (Lipinski definition) is 2. The van der Waals surface area contributed by atoms with Crippen molar-refractivity contribution < 1.29 is 4.79 Å². The van der Waals surface area contributed by atoms with Gasteiger partial charge in [-0.2, -0.15) is 5.26 Å². The van der Waals surface area contributed by atoms with Crippen LogP contribution in [0.4, 0.5) is 0 Å². The number of nitriles is 1. The normalized spacial score (nSPS) is 36.4. The first-order valence-corrected chi connectivity index (χ1v) is 4.23. The van der Waals surface area contributed by atoms with Crippen molar-refractivity contribution in [1.29, 1.82) is 5.26 Å². The first kappa shape index (κ1) is 7.54. The molecule has 1 saturated carbocycles. The monoisotopic (exact) mass is 161 g/mol. The summed E-state index contributed by atoms with van der Waals surface area (Å²) in [5.74, 6) is 0.627. The molecular weight excluding hydrogens is 150 g/mol. The minimum absolute atomic E-state index is 0.0602. The lowest BCUT2D eigenvalue weighted by molar-refractivity contribution is -0.133. The Morgan fingerprint density at radius 3 is 2.75 bits per heavy atom. The van der Waals surface area contributed by atoms with Gasteiger partial charge in [0.15, 0.2) is 5.78 Å².